The summed E-state index contributed by atoms with van der Waals surface area (Å²) in [6.45, 7) is 5.16. The summed E-state index contributed by atoms with van der Waals surface area (Å²) >= 11 is 18.0. The van der Waals surface area contributed by atoms with Gasteiger partial charge in [0.2, 0.25) is 23.4 Å². The number of anilines is 1. The third-order valence-corrected chi connectivity index (χ3v) is 17.5. The summed E-state index contributed by atoms with van der Waals surface area (Å²) in [7, 11) is -3.97. The molecule has 2 unspecified atom stereocenters. The summed E-state index contributed by atoms with van der Waals surface area (Å²) in [4.78, 5) is 73.7. The van der Waals surface area contributed by atoms with Gasteiger partial charge in [0.05, 0.1) is 61.2 Å². The molecule has 9 rings (SSSR count). The lowest BCUT2D eigenvalue weighted by Crippen LogP contribution is -2.25. The molecule has 6 aromatic heterocycles. The van der Waals surface area contributed by atoms with Crippen LogP contribution < -0.4 is 34.9 Å². The standard InChI is InChI=1S/C18H22ClNO3.C15H14Cl2F3N3O3.C14H13F3N6O5S.C14H13F3N2O4S/c1-3-4-5-7-13(2)23-17(21)12-22-16-10-9-15(19)14-8-6-11-20-18(14)16;1-3-26-13(24)10(17)4-8-5-12(11(18)6-9(8)16)23-15(25)22(14(19)20)7(2)21-23;1-26-8-6-9(27-2)23-13(19-8)20-12(21-23)22-29(24,25)10-7(14(15,16)17)4-5-18-11(10)28-3;1-7-11(13(21)19(2)18-7)12(20)9-5-4-8(14(15,16)17)6-10(9)24(3,22)23/h6,8-11,13H,3-5,7,12H2,1-2H3;5-6,10,14H,3-4H2,1-2H3;4-6H,1-3H3,(H,21,22);4-6,18H,1-3H3. The third-order valence-electron chi connectivity index (χ3n) is 14.0. The lowest BCUT2D eigenvalue weighted by Gasteiger charge is -2.15. The zero-order chi connectivity index (χ0) is 76.1. The van der Waals surface area contributed by atoms with Crippen molar-refractivity contribution >= 4 is 95.0 Å². The maximum atomic E-state index is 14.2. The van der Waals surface area contributed by atoms with Crippen molar-refractivity contribution in [2.24, 2.45) is 7.05 Å². The summed E-state index contributed by atoms with van der Waals surface area (Å²) in [5.74, 6) is -3.93. The highest BCUT2D eigenvalue weighted by Gasteiger charge is 2.41. The monoisotopic (exact) mass is 1540 g/mol. The minimum absolute atomic E-state index is 0.0424. The highest BCUT2D eigenvalue weighted by Crippen LogP contribution is 2.39. The van der Waals surface area contributed by atoms with Crippen molar-refractivity contribution < 1.29 is 99.2 Å². The van der Waals surface area contributed by atoms with Crippen LogP contribution in [0.4, 0.5) is 45.5 Å². The number of sulfonamides is 1. The second-order valence-corrected chi connectivity index (χ2v) is 26.3. The lowest BCUT2D eigenvalue weighted by atomic mass is 10.0. The highest BCUT2D eigenvalue weighted by molar-refractivity contribution is 7.93. The van der Waals surface area contributed by atoms with E-state index in [-0.39, 0.29) is 87.2 Å². The van der Waals surface area contributed by atoms with Crippen LogP contribution in [0.25, 0.3) is 22.4 Å². The number of sulfone groups is 1. The summed E-state index contributed by atoms with van der Waals surface area (Å²) < 4.78 is 203. The molecule has 2 atom stereocenters. The maximum Gasteiger partial charge on any atom is 0.418 e. The van der Waals surface area contributed by atoms with E-state index in [4.69, 9.17) is 63.2 Å². The van der Waals surface area contributed by atoms with Gasteiger partial charge in [0, 0.05) is 53.8 Å². The van der Waals surface area contributed by atoms with E-state index in [9.17, 15) is 80.3 Å². The Bertz CT molecular complexity index is 4900. The molecule has 0 saturated carbocycles. The van der Waals surface area contributed by atoms with Crippen LogP contribution in [-0.4, -0.2) is 141 Å². The fraction of sp³-hybridized carbons (Fsp3) is 0.361. The van der Waals surface area contributed by atoms with Crippen LogP contribution in [0.1, 0.15) is 97.1 Å². The number of methoxy groups -OCH3 is 3. The topological polar surface area (TPSA) is 333 Å². The van der Waals surface area contributed by atoms with Crippen LogP contribution in [0.3, 0.4) is 0 Å². The van der Waals surface area contributed by atoms with Gasteiger partial charge in [0.25, 0.3) is 27.3 Å². The lowest BCUT2D eigenvalue weighted by molar-refractivity contribution is -0.151. The van der Waals surface area contributed by atoms with Gasteiger partial charge >= 0.3 is 36.5 Å². The van der Waals surface area contributed by atoms with Crippen molar-refractivity contribution in [2.75, 3.05) is 45.5 Å². The summed E-state index contributed by atoms with van der Waals surface area (Å²) in [6, 6.07) is 12.8. The highest BCUT2D eigenvalue weighted by atomic mass is 35.5. The first-order valence-corrected chi connectivity index (χ1v) is 34.1. The van der Waals surface area contributed by atoms with E-state index in [1.807, 2.05) is 23.8 Å². The van der Waals surface area contributed by atoms with Crippen LogP contribution in [0.15, 0.2) is 98.5 Å². The molecular formula is C61H62Cl3F9N12O15S2. The van der Waals surface area contributed by atoms with Gasteiger partial charge in [-0.3, -0.25) is 29.1 Å². The Morgan fingerprint density at radius 2 is 1.52 bits per heavy atom. The van der Waals surface area contributed by atoms with Crippen molar-refractivity contribution in [3.05, 3.63) is 155 Å². The maximum absolute atomic E-state index is 14.2. The molecule has 0 fully saturated rings. The number of pyridine rings is 2. The number of ether oxygens (including phenoxy) is 6. The van der Waals surface area contributed by atoms with Crippen molar-refractivity contribution in [2.45, 2.75) is 107 Å². The molecule has 0 radical (unpaired) electrons. The average molecular weight is 1540 g/mol. The fourth-order valence-electron chi connectivity index (χ4n) is 9.26. The first-order chi connectivity index (χ1) is 47.7. The number of aromatic amines is 1. The molecule has 2 N–H and O–H groups in total. The van der Waals surface area contributed by atoms with Crippen molar-refractivity contribution in [3.63, 3.8) is 0 Å². The number of carbonyl (C=O) groups excluding carboxylic acids is 3. The quantitative estimate of drug-likeness (QED) is 0.0197. The van der Waals surface area contributed by atoms with E-state index in [0.29, 0.717) is 45.4 Å². The van der Waals surface area contributed by atoms with Gasteiger partial charge < -0.3 is 28.4 Å². The number of hydrogen-bond acceptors (Lipinski definition) is 21. The molecule has 3 aromatic carbocycles. The number of halogens is 12. The molecule has 0 spiro atoms. The SMILES string of the molecule is CCCCCC(C)OC(=O)COc1ccc(Cl)c2cccnc12.CCOC(=O)C(Cl)Cc1cc(-n2nc(C)n(C(F)F)c2=O)c(F)cc1Cl.COc1cc(OC)n2nc(NS(=O)(=O)c3c(C(F)(F)F)ccnc3OC)nc2n1.Cc1[nH]n(C)c(=O)c1C(=O)c1ccc(C(F)(F)F)cc1S(C)(=O)=O. The van der Waals surface area contributed by atoms with Crippen molar-refractivity contribution in [1.29, 1.82) is 0 Å². The minimum Gasteiger partial charge on any atom is -0.481 e. The Kier molecular flexibility index (Phi) is 27.5. The fourth-order valence-corrected chi connectivity index (χ4v) is 12.1. The van der Waals surface area contributed by atoms with Gasteiger partial charge in [0.1, 0.15) is 33.7 Å². The molecular weight excluding hydrogens is 1480 g/mol. The van der Waals surface area contributed by atoms with Gasteiger partial charge in [-0.15, -0.1) is 21.8 Å². The Morgan fingerprint density at radius 1 is 0.824 bits per heavy atom. The number of nitrogens with zero attached hydrogens (tertiary/aromatic N) is 10. The number of fused-ring (bicyclic) bond motifs is 2. The van der Waals surface area contributed by atoms with Gasteiger partial charge in [-0.2, -0.15) is 54.3 Å². The molecule has 0 saturated heterocycles. The van der Waals surface area contributed by atoms with E-state index < -0.39 is 111 Å². The predicted octanol–water partition coefficient (Wildman–Crippen LogP) is 11.1. The van der Waals surface area contributed by atoms with Crippen LogP contribution in [0.2, 0.25) is 10.0 Å². The molecule has 552 valence electrons. The number of carbonyl (C=O) groups is 3. The molecule has 0 amide bonds. The van der Waals surface area contributed by atoms with Gasteiger partial charge in [0.15, 0.2) is 27.2 Å². The van der Waals surface area contributed by atoms with Gasteiger partial charge in [-0.25, -0.2) is 45.1 Å². The Balaban J connectivity index is 0.000000215. The molecule has 6 heterocycles. The first-order valence-electron chi connectivity index (χ1n) is 29.5. The van der Waals surface area contributed by atoms with Crippen LogP contribution in [0, 0.1) is 19.7 Å². The number of ketones is 1. The number of aryl methyl sites for hydroxylation is 3. The normalized spacial score (nSPS) is 12.3. The second kappa shape index (κ2) is 34.4. The molecule has 9 aromatic rings. The smallest absolute Gasteiger partial charge is 0.418 e. The van der Waals surface area contributed by atoms with E-state index in [1.165, 1.54) is 41.2 Å². The molecule has 0 aliphatic heterocycles. The molecule has 0 aliphatic carbocycles. The molecule has 0 bridgehead atoms. The largest absolute Gasteiger partial charge is 0.481 e. The number of rotatable bonds is 23. The average Bonchev–Trinajstić information content (AvgIpc) is 1.42. The number of alkyl halides is 9. The zero-order valence-corrected chi connectivity index (χ0v) is 59.0. The van der Waals surface area contributed by atoms with E-state index in [1.54, 1.807) is 25.3 Å². The van der Waals surface area contributed by atoms with E-state index in [2.05, 4.69) is 42.2 Å². The Morgan fingerprint density at radius 3 is 2.10 bits per heavy atom. The minimum atomic E-state index is -4.98. The summed E-state index contributed by atoms with van der Waals surface area (Å²) in [5.41, 5.74) is -4.69. The Hall–Kier alpha value is -9.53. The van der Waals surface area contributed by atoms with Gasteiger partial charge in [-0.1, -0.05) is 43.0 Å². The van der Waals surface area contributed by atoms with E-state index >= 15 is 0 Å². The summed E-state index contributed by atoms with van der Waals surface area (Å²) in [6.07, 6.45) is -2.55. The first kappa shape index (κ1) is 81.4. The number of nitrogens with one attached hydrogen (secondary N) is 2. The number of hydrogen-bond donors (Lipinski definition) is 2. The third kappa shape index (κ3) is 20.2. The predicted molar refractivity (Wildman–Crippen MR) is 350 cm³/mol. The molecule has 27 nitrogen and oxygen atoms in total. The van der Waals surface area contributed by atoms with Crippen LogP contribution in [0.5, 0.6) is 23.4 Å². The van der Waals surface area contributed by atoms with Crippen molar-refractivity contribution in [1.82, 2.24) is 53.7 Å². The van der Waals surface area contributed by atoms with Crippen molar-refractivity contribution in [3.8, 4) is 29.1 Å². The number of esters is 2. The second-order valence-electron chi connectivity index (χ2n) is 21.3. The molecule has 102 heavy (non-hydrogen) atoms. The van der Waals surface area contributed by atoms with E-state index in [0.717, 1.165) is 71.8 Å². The Labute approximate surface area is 588 Å². The molecule has 0 aliphatic rings. The van der Waals surface area contributed by atoms with Crippen LogP contribution >= 0.6 is 34.8 Å². The number of unbranched alkanes of at least 4 members (excludes halogenated alkanes) is 2. The van der Waals surface area contributed by atoms with Gasteiger partial charge in [-0.05, 0) is 107 Å². The summed E-state index contributed by atoms with van der Waals surface area (Å²) in [5, 5.41) is 10.3. The number of aromatic nitrogens is 11. The van der Waals surface area contributed by atoms with Crippen LogP contribution in [-0.2, 0) is 64.7 Å². The zero-order valence-electron chi connectivity index (χ0n) is 55.1. The number of benzene rings is 3. The molecule has 41 heteroatoms. The number of H-pyrrole nitrogens is 1.